The lowest BCUT2D eigenvalue weighted by Crippen LogP contribution is -2.28. The first-order valence-electron chi connectivity index (χ1n) is 9.07. The highest BCUT2D eigenvalue weighted by atomic mass is 16.5. The second-order valence-electron chi connectivity index (χ2n) is 6.64. The lowest BCUT2D eigenvalue weighted by atomic mass is 10.0. The number of rotatable bonds is 6. The van der Waals surface area contributed by atoms with Crippen molar-refractivity contribution in [1.29, 1.82) is 0 Å². The van der Waals surface area contributed by atoms with Gasteiger partial charge in [-0.15, -0.1) is 0 Å². The largest absolute Gasteiger partial charge is 0.496 e. The summed E-state index contributed by atoms with van der Waals surface area (Å²) in [4.78, 5) is 28.0. The van der Waals surface area contributed by atoms with Gasteiger partial charge in [-0.2, -0.15) is 0 Å². The molecule has 6 nitrogen and oxygen atoms in total. The number of aryl methyl sites for hydroxylation is 2. The highest BCUT2D eigenvalue weighted by Crippen LogP contribution is 2.28. The zero-order chi connectivity index (χ0) is 20.3. The van der Waals surface area contributed by atoms with Crippen molar-refractivity contribution in [2.24, 2.45) is 0 Å². The van der Waals surface area contributed by atoms with Crippen LogP contribution in [0.5, 0.6) is 11.5 Å². The number of H-pyrrole nitrogens is 1. The Balaban J connectivity index is 1.77. The molecule has 0 saturated heterocycles. The Kier molecular flexibility index (Phi) is 5.68. The molecule has 0 bridgehead atoms. The summed E-state index contributed by atoms with van der Waals surface area (Å²) >= 11 is 0. The fourth-order valence-corrected chi connectivity index (χ4v) is 3.23. The molecular formula is C22H24N2O4. The van der Waals surface area contributed by atoms with Crippen LogP contribution in [0.1, 0.15) is 27.0 Å². The Morgan fingerprint density at radius 2 is 1.75 bits per heavy atom. The molecule has 0 spiro atoms. The SMILES string of the molecule is COc1cccc(OC)c1C(=O)NCCc1cc2ccc(C)c(C)c2[nH]c1=O. The molecule has 0 radical (unpaired) electrons. The van der Waals surface area contributed by atoms with Crippen molar-refractivity contribution in [2.45, 2.75) is 20.3 Å². The first-order valence-corrected chi connectivity index (χ1v) is 9.07. The van der Waals surface area contributed by atoms with E-state index in [1.807, 2.05) is 32.0 Å². The molecule has 3 aromatic rings. The number of benzene rings is 2. The molecule has 6 heteroatoms. The molecule has 0 saturated carbocycles. The molecule has 0 atom stereocenters. The van der Waals surface area contributed by atoms with Gasteiger partial charge in [0.2, 0.25) is 0 Å². The van der Waals surface area contributed by atoms with E-state index >= 15 is 0 Å². The normalized spacial score (nSPS) is 10.7. The molecule has 1 aromatic heterocycles. The third-order valence-corrected chi connectivity index (χ3v) is 4.96. The summed E-state index contributed by atoms with van der Waals surface area (Å²) in [6, 6.07) is 11.1. The molecule has 0 aliphatic heterocycles. The van der Waals surface area contributed by atoms with E-state index in [0.29, 0.717) is 35.6 Å². The maximum absolute atomic E-state index is 12.6. The molecule has 0 aliphatic carbocycles. The number of hydrogen-bond donors (Lipinski definition) is 2. The number of pyridine rings is 1. The first kappa shape index (κ1) is 19.5. The van der Waals surface area contributed by atoms with E-state index in [1.54, 1.807) is 18.2 Å². The number of amides is 1. The van der Waals surface area contributed by atoms with Gasteiger partial charge in [-0.05, 0) is 55.0 Å². The van der Waals surface area contributed by atoms with Crippen molar-refractivity contribution in [1.82, 2.24) is 10.3 Å². The van der Waals surface area contributed by atoms with Crippen molar-refractivity contribution in [3.63, 3.8) is 0 Å². The van der Waals surface area contributed by atoms with Crippen LogP contribution in [0.25, 0.3) is 10.9 Å². The summed E-state index contributed by atoms with van der Waals surface area (Å²) in [7, 11) is 3.01. The van der Waals surface area contributed by atoms with E-state index in [2.05, 4.69) is 10.3 Å². The predicted octanol–water partition coefficient (Wildman–Crippen LogP) is 3.13. The van der Waals surface area contributed by atoms with E-state index in [9.17, 15) is 9.59 Å². The minimum atomic E-state index is -0.307. The number of carbonyl (C=O) groups excluding carboxylic acids is 1. The Hall–Kier alpha value is -3.28. The molecule has 2 N–H and O–H groups in total. The van der Waals surface area contributed by atoms with E-state index in [0.717, 1.165) is 22.0 Å². The monoisotopic (exact) mass is 380 g/mol. The van der Waals surface area contributed by atoms with Gasteiger partial charge in [0.15, 0.2) is 0 Å². The number of aromatic nitrogens is 1. The van der Waals surface area contributed by atoms with E-state index < -0.39 is 0 Å². The second kappa shape index (κ2) is 8.17. The van der Waals surface area contributed by atoms with Gasteiger partial charge in [-0.3, -0.25) is 9.59 Å². The van der Waals surface area contributed by atoms with E-state index in [-0.39, 0.29) is 11.5 Å². The topological polar surface area (TPSA) is 80.4 Å². The summed E-state index contributed by atoms with van der Waals surface area (Å²) in [6.07, 6.45) is 0.418. The summed E-state index contributed by atoms with van der Waals surface area (Å²) in [5.41, 5.74) is 3.89. The van der Waals surface area contributed by atoms with Crippen molar-refractivity contribution >= 4 is 16.8 Å². The number of methoxy groups -OCH3 is 2. The van der Waals surface area contributed by atoms with Crippen LogP contribution in [-0.4, -0.2) is 31.7 Å². The highest BCUT2D eigenvalue weighted by molar-refractivity contribution is 5.99. The van der Waals surface area contributed by atoms with Crippen LogP contribution in [0, 0.1) is 13.8 Å². The quantitative estimate of drug-likeness (QED) is 0.688. The average molecular weight is 380 g/mol. The predicted molar refractivity (Wildman–Crippen MR) is 110 cm³/mol. The molecule has 0 unspecified atom stereocenters. The van der Waals surface area contributed by atoms with E-state index in [1.165, 1.54) is 14.2 Å². The van der Waals surface area contributed by atoms with Crippen molar-refractivity contribution in [3.05, 3.63) is 69.0 Å². The fraction of sp³-hybridized carbons (Fsp3) is 0.273. The molecule has 3 rings (SSSR count). The minimum absolute atomic E-state index is 0.134. The molecule has 0 aliphatic rings. The standard InChI is InChI=1S/C22H24N2O4/c1-13-8-9-15-12-16(21(25)24-20(15)14(13)2)10-11-23-22(26)19-17(27-3)6-5-7-18(19)28-4/h5-9,12H,10-11H2,1-4H3,(H,23,26)(H,24,25). The van der Waals surface area contributed by atoms with Crippen LogP contribution < -0.4 is 20.3 Å². The third kappa shape index (κ3) is 3.71. The number of aromatic amines is 1. The van der Waals surface area contributed by atoms with Crippen LogP contribution in [0.2, 0.25) is 0 Å². The fourth-order valence-electron chi connectivity index (χ4n) is 3.23. The number of fused-ring (bicyclic) bond motifs is 1. The number of nitrogens with one attached hydrogen (secondary N) is 2. The van der Waals surface area contributed by atoms with Crippen LogP contribution >= 0.6 is 0 Å². The Bertz CT molecular complexity index is 1060. The maximum Gasteiger partial charge on any atom is 0.258 e. The van der Waals surface area contributed by atoms with Gasteiger partial charge in [0.25, 0.3) is 11.5 Å². The zero-order valence-corrected chi connectivity index (χ0v) is 16.5. The van der Waals surface area contributed by atoms with Crippen LogP contribution in [0.3, 0.4) is 0 Å². The average Bonchev–Trinajstić information content (AvgIpc) is 2.71. The Labute approximate surface area is 163 Å². The van der Waals surface area contributed by atoms with Crippen molar-refractivity contribution in [2.75, 3.05) is 20.8 Å². The highest BCUT2D eigenvalue weighted by Gasteiger charge is 2.18. The van der Waals surface area contributed by atoms with Gasteiger partial charge in [-0.1, -0.05) is 18.2 Å². The number of hydrogen-bond acceptors (Lipinski definition) is 4. The van der Waals surface area contributed by atoms with Gasteiger partial charge in [0.05, 0.1) is 19.7 Å². The molecule has 28 heavy (non-hydrogen) atoms. The molecule has 0 fully saturated rings. The summed E-state index contributed by atoms with van der Waals surface area (Å²) in [5.74, 6) is 0.565. The van der Waals surface area contributed by atoms with Crippen LogP contribution in [-0.2, 0) is 6.42 Å². The summed E-state index contributed by atoms with van der Waals surface area (Å²) in [6.45, 7) is 4.33. The van der Waals surface area contributed by atoms with Gasteiger partial charge in [0, 0.05) is 12.1 Å². The number of carbonyl (C=O) groups is 1. The zero-order valence-electron chi connectivity index (χ0n) is 16.5. The molecule has 1 heterocycles. The van der Waals surface area contributed by atoms with Gasteiger partial charge >= 0.3 is 0 Å². The van der Waals surface area contributed by atoms with Gasteiger partial charge < -0.3 is 19.8 Å². The minimum Gasteiger partial charge on any atom is -0.496 e. The first-order chi connectivity index (χ1) is 13.5. The lowest BCUT2D eigenvalue weighted by Gasteiger charge is -2.13. The Morgan fingerprint density at radius 1 is 1.07 bits per heavy atom. The number of ether oxygens (including phenoxy) is 2. The lowest BCUT2D eigenvalue weighted by molar-refractivity contribution is 0.0948. The molecule has 146 valence electrons. The van der Waals surface area contributed by atoms with E-state index in [4.69, 9.17) is 9.47 Å². The van der Waals surface area contributed by atoms with Gasteiger partial charge in [0.1, 0.15) is 17.1 Å². The van der Waals surface area contributed by atoms with Gasteiger partial charge in [-0.25, -0.2) is 0 Å². The third-order valence-electron chi connectivity index (χ3n) is 4.96. The molecular weight excluding hydrogens is 356 g/mol. The molecule has 1 amide bonds. The van der Waals surface area contributed by atoms with Crippen LogP contribution in [0.4, 0.5) is 0 Å². The smallest absolute Gasteiger partial charge is 0.258 e. The second-order valence-corrected chi connectivity index (χ2v) is 6.64. The Morgan fingerprint density at radius 3 is 2.39 bits per heavy atom. The van der Waals surface area contributed by atoms with Crippen molar-refractivity contribution in [3.8, 4) is 11.5 Å². The van der Waals surface area contributed by atoms with Crippen LogP contribution in [0.15, 0.2) is 41.2 Å². The summed E-state index contributed by atoms with van der Waals surface area (Å²) < 4.78 is 10.5. The maximum atomic E-state index is 12.6. The molecule has 2 aromatic carbocycles. The summed E-state index contributed by atoms with van der Waals surface area (Å²) in [5, 5.41) is 3.82. The van der Waals surface area contributed by atoms with Crippen molar-refractivity contribution < 1.29 is 14.3 Å².